The van der Waals surface area contributed by atoms with Crippen LogP contribution in [0.5, 0.6) is 0 Å². The lowest BCUT2D eigenvalue weighted by Crippen LogP contribution is -2.32. The van der Waals surface area contributed by atoms with Gasteiger partial charge in [0.15, 0.2) is 0 Å². The predicted octanol–water partition coefficient (Wildman–Crippen LogP) is 3.66. The van der Waals surface area contributed by atoms with Gasteiger partial charge in [-0.05, 0) is 74.6 Å². The average Bonchev–Trinajstić information content (AvgIpc) is 2.68. The van der Waals surface area contributed by atoms with E-state index in [0.29, 0.717) is 5.92 Å². The second kappa shape index (κ2) is 9.31. The van der Waals surface area contributed by atoms with E-state index in [1.54, 1.807) is 0 Å². The number of hydrogen-bond acceptors (Lipinski definition) is 3. The Morgan fingerprint density at radius 3 is 2.27 bits per heavy atom. The first-order chi connectivity index (χ1) is 12.7. The highest BCUT2D eigenvalue weighted by atomic mass is 16.3. The molecule has 0 aromatic heterocycles. The summed E-state index contributed by atoms with van der Waals surface area (Å²) in [5.74, 6) is 0.586. The minimum Gasteiger partial charge on any atom is -0.392 e. The van der Waals surface area contributed by atoms with Crippen molar-refractivity contribution in [3.63, 3.8) is 0 Å². The molecule has 26 heavy (non-hydrogen) atoms. The van der Waals surface area contributed by atoms with Crippen LogP contribution < -0.4 is 0 Å². The molecule has 1 aliphatic rings. The molecule has 0 bridgehead atoms. The fourth-order valence-electron chi connectivity index (χ4n) is 3.90. The first kappa shape index (κ1) is 19.1. The molecule has 0 amide bonds. The van der Waals surface area contributed by atoms with E-state index < -0.39 is 0 Å². The fraction of sp³-hybridized carbons (Fsp3) is 0.478. The summed E-state index contributed by atoms with van der Waals surface area (Å²) in [6.45, 7) is 4.56. The van der Waals surface area contributed by atoms with Gasteiger partial charge in [0.05, 0.1) is 6.61 Å². The second-order valence-electron chi connectivity index (χ2n) is 7.78. The quantitative estimate of drug-likeness (QED) is 0.824. The highest BCUT2D eigenvalue weighted by Gasteiger charge is 2.22. The Morgan fingerprint density at radius 2 is 1.62 bits per heavy atom. The van der Waals surface area contributed by atoms with Crippen LogP contribution in [0.25, 0.3) is 0 Å². The third kappa shape index (κ3) is 5.16. The molecule has 140 valence electrons. The molecular formula is C23H32N2O. The molecule has 3 nitrogen and oxygen atoms in total. The number of piperidine rings is 1. The van der Waals surface area contributed by atoms with Crippen molar-refractivity contribution >= 4 is 0 Å². The minimum atomic E-state index is 0.149. The Hall–Kier alpha value is -1.68. The van der Waals surface area contributed by atoms with Gasteiger partial charge in [-0.1, -0.05) is 48.5 Å². The molecule has 0 aliphatic carbocycles. The number of nitrogens with zero attached hydrogens (tertiary/aromatic N) is 2. The molecule has 1 saturated heterocycles. The summed E-state index contributed by atoms with van der Waals surface area (Å²) in [5, 5.41) is 9.57. The molecule has 1 fully saturated rings. The third-order valence-corrected chi connectivity index (χ3v) is 5.53. The molecule has 3 heteroatoms. The van der Waals surface area contributed by atoms with Crippen LogP contribution in [0.15, 0.2) is 48.5 Å². The Bertz CT molecular complexity index is 673. The molecule has 0 radical (unpaired) electrons. The van der Waals surface area contributed by atoms with Crippen molar-refractivity contribution in [2.75, 3.05) is 33.7 Å². The average molecular weight is 353 g/mol. The summed E-state index contributed by atoms with van der Waals surface area (Å²) in [6.07, 6.45) is 3.47. The maximum Gasteiger partial charge on any atom is 0.0684 e. The zero-order valence-corrected chi connectivity index (χ0v) is 16.2. The van der Waals surface area contributed by atoms with Crippen molar-refractivity contribution in [1.29, 1.82) is 0 Å². The minimum absolute atomic E-state index is 0.149. The van der Waals surface area contributed by atoms with Gasteiger partial charge >= 0.3 is 0 Å². The summed E-state index contributed by atoms with van der Waals surface area (Å²) in [6, 6.07) is 17.5. The first-order valence-corrected chi connectivity index (χ1v) is 9.79. The normalized spacial score (nSPS) is 16.3. The van der Waals surface area contributed by atoms with Crippen LogP contribution in [0.4, 0.5) is 0 Å². The standard InChI is InChI=1S/C23H32N2O/c1-24(2)14-11-19-7-9-20(10-8-19)17-25-15-12-21(13-16-25)23-6-4-3-5-22(23)18-26/h3-10,21,26H,11-18H2,1-2H3. The van der Waals surface area contributed by atoms with Crippen LogP contribution in [0, 0.1) is 0 Å². The van der Waals surface area contributed by atoms with E-state index in [1.165, 1.54) is 29.5 Å². The van der Waals surface area contributed by atoms with Gasteiger partial charge in [-0.3, -0.25) is 4.90 Å². The van der Waals surface area contributed by atoms with Crippen molar-refractivity contribution in [3.05, 3.63) is 70.8 Å². The molecule has 2 aromatic carbocycles. The lowest BCUT2D eigenvalue weighted by Gasteiger charge is -2.33. The third-order valence-electron chi connectivity index (χ3n) is 5.53. The van der Waals surface area contributed by atoms with Crippen molar-refractivity contribution in [2.45, 2.75) is 38.3 Å². The lowest BCUT2D eigenvalue weighted by atomic mass is 9.86. The van der Waals surface area contributed by atoms with Gasteiger partial charge in [0.25, 0.3) is 0 Å². The Balaban J connectivity index is 1.51. The molecule has 2 aromatic rings. The molecule has 0 unspecified atom stereocenters. The summed E-state index contributed by atoms with van der Waals surface area (Å²) < 4.78 is 0. The number of rotatable bonds is 7. The molecule has 0 saturated carbocycles. The molecular weight excluding hydrogens is 320 g/mol. The molecule has 3 rings (SSSR count). The number of aliphatic hydroxyl groups is 1. The van der Waals surface area contributed by atoms with Crippen molar-refractivity contribution in [3.8, 4) is 0 Å². The maximum atomic E-state index is 9.57. The summed E-state index contributed by atoms with van der Waals surface area (Å²) in [7, 11) is 4.24. The molecule has 1 N–H and O–H groups in total. The molecule has 1 heterocycles. The number of benzene rings is 2. The number of hydrogen-bond donors (Lipinski definition) is 1. The van der Waals surface area contributed by atoms with E-state index in [4.69, 9.17) is 0 Å². The number of aliphatic hydroxyl groups excluding tert-OH is 1. The van der Waals surface area contributed by atoms with Gasteiger partial charge in [-0.2, -0.15) is 0 Å². The zero-order valence-electron chi connectivity index (χ0n) is 16.2. The van der Waals surface area contributed by atoms with Gasteiger partial charge < -0.3 is 10.0 Å². The number of likely N-dealkylation sites (N-methyl/N-ethyl adjacent to an activating group) is 1. The van der Waals surface area contributed by atoms with Crippen LogP contribution in [0.2, 0.25) is 0 Å². The van der Waals surface area contributed by atoms with E-state index in [-0.39, 0.29) is 6.61 Å². The topological polar surface area (TPSA) is 26.7 Å². The van der Waals surface area contributed by atoms with Gasteiger partial charge in [0.2, 0.25) is 0 Å². The van der Waals surface area contributed by atoms with Crippen LogP contribution in [0.1, 0.15) is 41.0 Å². The van der Waals surface area contributed by atoms with Crippen molar-refractivity contribution in [2.24, 2.45) is 0 Å². The second-order valence-corrected chi connectivity index (χ2v) is 7.78. The Labute approximate surface area is 158 Å². The van der Waals surface area contributed by atoms with Crippen LogP contribution in [0.3, 0.4) is 0 Å². The van der Waals surface area contributed by atoms with E-state index in [9.17, 15) is 5.11 Å². The van der Waals surface area contributed by atoms with Crippen LogP contribution >= 0.6 is 0 Å². The molecule has 1 aliphatic heterocycles. The van der Waals surface area contributed by atoms with Gasteiger partial charge in [0, 0.05) is 13.1 Å². The van der Waals surface area contributed by atoms with Gasteiger partial charge in [-0.25, -0.2) is 0 Å². The highest BCUT2D eigenvalue weighted by Crippen LogP contribution is 2.31. The lowest BCUT2D eigenvalue weighted by molar-refractivity contribution is 0.203. The smallest absolute Gasteiger partial charge is 0.0684 e. The predicted molar refractivity (Wildman–Crippen MR) is 108 cm³/mol. The highest BCUT2D eigenvalue weighted by molar-refractivity contribution is 5.30. The van der Waals surface area contributed by atoms with Gasteiger partial charge in [-0.15, -0.1) is 0 Å². The summed E-state index contributed by atoms with van der Waals surface area (Å²) in [5.41, 5.74) is 5.27. The maximum absolute atomic E-state index is 9.57. The Kier molecular flexibility index (Phi) is 6.84. The zero-order chi connectivity index (χ0) is 18.4. The van der Waals surface area contributed by atoms with Crippen molar-refractivity contribution < 1.29 is 5.11 Å². The largest absolute Gasteiger partial charge is 0.392 e. The monoisotopic (exact) mass is 352 g/mol. The van der Waals surface area contributed by atoms with Crippen molar-refractivity contribution in [1.82, 2.24) is 9.80 Å². The van der Waals surface area contributed by atoms with Gasteiger partial charge in [0.1, 0.15) is 0 Å². The molecule has 0 spiro atoms. The number of likely N-dealkylation sites (tertiary alicyclic amines) is 1. The molecule has 0 atom stereocenters. The SMILES string of the molecule is CN(C)CCc1ccc(CN2CCC(c3ccccc3CO)CC2)cc1. The Morgan fingerprint density at radius 1 is 0.962 bits per heavy atom. The van der Waals surface area contributed by atoms with E-state index in [0.717, 1.165) is 38.2 Å². The van der Waals surface area contributed by atoms with Crippen LogP contribution in [-0.4, -0.2) is 48.6 Å². The van der Waals surface area contributed by atoms with E-state index in [1.807, 2.05) is 6.07 Å². The van der Waals surface area contributed by atoms with E-state index >= 15 is 0 Å². The first-order valence-electron chi connectivity index (χ1n) is 9.79. The summed E-state index contributed by atoms with van der Waals surface area (Å²) in [4.78, 5) is 4.79. The van der Waals surface area contributed by atoms with E-state index in [2.05, 4.69) is 66.4 Å². The summed E-state index contributed by atoms with van der Waals surface area (Å²) >= 11 is 0. The van der Waals surface area contributed by atoms with Crippen LogP contribution in [-0.2, 0) is 19.6 Å². The fourth-order valence-corrected chi connectivity index (χ4v) is 3.90.